The molecule has 0 atom stereocenters. The van der Waals surface area contributed by atoms with Crippen molar-refractivity contribution in [2.45, 2.75) is 97.3 Å². The monoisotopic (exact) mass is 344 g/mol. The molecule has 0 aliphatic carbocycles. The average Bonchev–Trinajstić information content (AvgIpc) is 2.60. The second-order valence-corrected chi connectivity index (χ2v) is 6.73. The molecule has 0 N–H and O–H groups in total. The maximum absolute atomic E-state index is 5.59. The molecule has 0 saturated carbocycles. The molecule has 0 aromatic heterocycles. The SMILES string of the molecule is CCCCCCCCCCCCCCOCCOCCOCCC. The van der Waals surface area contributed by atoms with Crippen LogP contribution in [0.4, 0.5) is 0 Å². The molecular formula is C21H44O3. The van der Waals surface area contributed by atoms with Gasteiger partial charge in [-0.1, -0.05) is 84.5 Å². The summed E-state index contributed by atoms with van der Waals surface area (Å²) < 4.78 is 16.4. The van der Waals surface area contributed by atoms with Crippen LogP contribution in [0.1, 0.15) is 97.3 Å². The maximum Gasteiger partial charge on any atom is 0.0701 e. The lowest BCUT2D eigenvalue weighted by molar-refractivity contribution is 0.0140. The number of ether oxygens (including phenoxy) is 3. The van der Waals surface area contributed by atoms with Crippen LogP contribution in [0.3, 0.4) is 0 Å². The Morgan fingerprint density at radius 2 is 0.708 bits per heavy atom. The van der Waals surface area contributed by atoms with Crippen molar-refractivity contribution in [2.24, 2.45) is 0 Å². The molecule has 0 aliphatic heterocycles. The van der Waals surface area contributed by atoms with Crippen LogP contribution < -0.4 is 0 Å². The first-order valence-corrected chi connectivity index (χ1v) is 10.6. The summed E-state index contributed by atoms with van der Waals surface area (Å²) in [5.41, 5.74) is 0. The molecule has 0 amide bonds. The van der Waals surface area contributed by atoms with E-state index >= 15 is 0 Å². The Kier molecular flexibility index (Phi) is 22.8. The molecule has 0 saturated heterocycles. The highest BCUT2D eigenvalue weighted by atomic mass is 16.5. The highest BCUT2D eigenvalue weighted by Gasteiger charge is 1.94. The largest absolute Gasteiger partial charge is 0.379 e. The Morgan fingerprint density at radius 3 is 1.17 bits per heavy atom. The van der Waals surface area contributed by atoms with Crippen molar-refractivity contribution < 1.29 is 14.2 Å². The van der Waals surface area contributed by atoms with Crippen LogP contribution in [-0.4, -0.2) is 39.6 Å². The van der Waals surface area contributed by atoms with Gasteiger partial charge < -0.3 is 14.2 Å². The lowest BCUT2D eigenvalue weighted by atomic mass is 10.1. The van der Waals surface area contributed by atoms with E-state index in [0.717, 1.165) is 19.6 Å². The Balaban J connectivity index is 2.93. The van der Waals surface area contributed by atoms with Crippen molar-refractivity contribution in [3.63, 3.8) is 0 Å². The van der Waals surface area contributed by atoms with Gasteiger partial charge in [0.2, 0.25) is 0 Å². The fourth-order valence-corrected chi connectivity index (χ4v) is 2.73. The first-order chi connectivity index (χ1) is 11.9. The number of hydrogen-bond donors (Lipinski definition) is 0. The molecular weight excluding hydrogens is 300 g/mol. The van der Waals surface area contributed by atoms with Gasteiger partial charge in [0.05, 0.1) is 26.4 Å². The van der Waals surface area contributed by atoms with E-state index in [1.165, 1.54) is 77.0 Å². The third kappa shape index (κ3) is 21.9. The van der Waals surface area contributed by atoms with E-state index in [-0.39, 0.29) is 0 Å². The van der Waals surface area contributed by atoms with E-state index in [4.69, 9.17) is 14.2 Å². The smallest absolute Gasteiger partial charge is 0.0701 e. The predicted molar refractivity (Wildman–Crippen MR) is 104 cm³/mol. The molecule has 0 aromatic rings. The first kappa shape index (κ1) is 23.9. The lowest BCUT2D eigenvalue weighted by Gasteiger charge is -2.06. The standard InChI is InChI=1S/C21H44O3/c1-3-5-6-7-8-9-10-11-12-13-14-15-17-23-19-21-24-20-18-22-16-4-2/h3-21H2,1-2H3. The molecule has 3 heteroatoms. The molecule has 0 unspecified atom stereocenters. The highest BCUT2D eigenvalue weighted by Crippen LogP contribution is 2.11. The van der Waals surface area contributed by atoms with E-state index in [2.05, 4.69) is 13.8 Å². The third-order valence-electron chi connectivity index (χ3n) is 4.23. The van der Waals surface area contributed by atoms with E-state index < -0.39 is 0 Å². The molecule has 0 heterocycles. The van der Waals surface area contributed by atoms with Gasteiger partial charge in [0.15, 0.2) is 0 Å². The van der Waals surface area contributed by atoms with Gasteiger partial charge in [0, 0.05) is 13.2 Å². The van der Waals surface area contributed by atoms with Crippen molar-refractivity contribution in [1.29, 1.82) is 0 Å². The molecule has 0 fully saturated rings. The average molecular weight is 345 g/mol. The van der Waals surface area contributed by atoms with Crippen LogP contribution >= 0.6 is 0 Å². The van der Waals surface area contributed by atoms with Gasteiger partial charge in [-0.3, -0.25) is 0 Å². The predicted octanol–water partition coefficient (Wildman–Crippen LogP) is 6.15. The molecule has 0 bridgehead atoms. The summed E-state index contributed by atoms with van der Waals surface area (Å²) in [4.78, 5) is 0. The van der Waals surface area contributed by atoms with Crippen LogP contribution in [0.5, 0.6) is 0 Å². The topological polar surface area (TPSA) is 27.7 Å². The molecule has 0 aliphatic rings. The van der Waals surface area contributed by atoms with Gasteiger partial charge in [0.25, 0.3) is 0 Å². The second kappa shape index (κ2) is 22.9. The van der Waals surface area contributed by atoms with Crippen LogP contribution in [0.2, 0.25) is 0 Å². The molecule has 0 aromatic carbocycles. The van der Waals surface area contributed by atoms with Gasteiger partial charge in [0.1, 0.15) is 0 Å². The van der Waals surface area contributed by atoms with Crippen LogP contribution in [0.15, 0.2) is 0 Å². The lowest BCUT2D eigenvalue weighted by Crippen LogP contribution is -2.10. The van der Waals surface area contributed by atoms with E-state index in [1.807, 2.05) is 0 Å². The Hall–Kier alpha value is -0.120. The molecule has 146 valence electrons. The molecule has 3 nitrogen and oxygen atoms in total. The summed E-state index contributed by atoms with van der Waals surface area (Å²) >= 11 is 0. The zero-order valence-electron chi connectivity index (χ0n) is 16.7. The highest BCUT2D eigenvalue weighted by molar-refractivity contribution is 4.48. The number of unbranched alkanes of at least 4 members (excludes halogenated alkanes) is 11. The minimum absolute atomic E-state index is 0.683. The van der Waals surface area contributed by atoms with Gasteiger partial charge in [-0.25, -0.2) is 0 Å². The minimum Gasteiger partial charge on any atom is -0.379 e. The number of hydrogen-bond acceptors (Lipinski definition) is 3. The third-order valence-corrected chi connectivity index (χ3v) is 4.23. The van der Waals surface area contributed by atoms with Gasteiger partial charge in [-0.05, 0) is 12.8 Å². The fourth-order valence-electron chi connectivity index (χ4n) is 2.73. The van der Waals surface area contributed by atoms with E-state index in [0.29, 0.717) is 26.4 Å². The summed E-state index contributed by atoms with van der Waals surface area (Å²) in [6.07, 6.45) is 17.7. The Morgan fingerprint density at radius 1 is 0.333 bits per heavy atom. The van der Waals surface area contributed by atoms with Crippen molar-refractivity contribution in [3.8, 4) is 0 Å². The maximum atomic E-state index is 5.59. The quantitative estimate of drug-likeness (QED) is 0.234. The number of rotatable bonds is 21. The molecule has 0 radical (unpaired) electrons. The van der Waals surface area contributed by atoms with Gasteiger partial charge in [-0.15, -0.1) is 0 Å². The Bertz CT molecular complexity index is 187. The van der Waals surface area contributed by atoms with Crippen molar-refractivity contribution in [3.05, 3.63) is 0 Å². The zero-order chi connectivity index (χ0) is 17.6. The van der Waals surface area contributed by atoms with Gasteiger partial charge >= 0.3 is 0 Å². The minimum atomic E-state index is 0.683. The fraction of sp³-hybridized carbons (Fsp3) is 1.00. The van der Waals surface area contributed by atoms with Crippen LogP contribution in [-0.2, 0) is 14.2 Å². The van der Waals surface area contributed by atoms with Crippen molar-refractivity contribution in [2.75, 3.05) is 39.6 Å². The molecule has 24 heavy (non-hydrogen) atoms. The Labute approximate surface area is 151 Å². The van der Waals surface area contributed by atoms with E-state index in [9.17, 15) is 0 Å². The summed E-state index contributed by atoms with van der Waals surface area (Å²) in [6.45, 7) is 8.90. The molecule has 0 rings (SSSR count). The zero-order valence-corrected chi connectivity index (χ0v) is 16.7. The normalized spacial score (nSPS) is 11.2. The first-order valence-electron chi connectivity index (χ1n) is 10.6. The summed E-state index contributed by atoms with van der Waals surface area (Å²) in [7, 11) is 0. The summed E-state index contributed by atoms with van der Waals surface area (Å²) in [5, 5.41) is 0. The van der Waals surface area contributed by atoms with Crippen LogP contribution in [0.25, 0.3) is 0 Å². The van der Waals surface area contributed by atoms with Crippen LogP contribution in [0, 0.1) is 0 Å². The van der Waals surface area contributed by atoms with Crippen molar-refractivity contribution in [1.82, 2.24) is 0 Å². The van der Waals surface area contributed by atoms with Gasteiger partial charge in [-0.2, -0.15) is 0 Å². The molecule has 0 spiro atoms. The second-order valence-electron chi connectivity index (χ2n) is 6.73. The summed E-state index contributed by atoms with van der Waals surface area (Å²) in [5.74, 6) is 0. The summed E-state index contributed by atoms with van der Waals surface area (Å²) in [6, 6.07) is 0. The van der Waals surface area contributed by atoms with E-state index in [1.54, 1.807) is 0 Å². The van der Waals surface area contributed by atoms with Crippen molar-refractivity contribution >= 4 is 0 Å².